The van der Waals surface area contributed by atoms with E-state index in [-0.39, 0.29) is 30.4 Å². The maximum atomic E-state index is 12.2. The molecule has 0 unspecified atom stereocenters. The smallest absolute Gasteiger partial charge is 0.358 e. The van der Waals surface area contributed by atoms with Gasteiger partial charge in [-0.3, -0.25) is 4.79 Å². The Labute approximate surface area is 145 Å². The van der Waals surface area contributed by atoms with Crippen molar-refractivity contribution in [2.24, 2.45) is 5.92 Å². The maximum Gasteiger partial charge on any atom is 0.381 e. The molecule has 0 radical (unpaired) electrons. The van der Waals surface area contributed by atoms with Crippen molar-refractivity contribution < 1.29 is 9.72 Å². The fourth-order valence-corrected chi connectivity index (χ4v) is 3.80. The largest absolute Gasteiger partial charge is 0.381 e. The van der Waals surface area contributed by atoms with Gasteiger partial charge in [-0.1, -0.05) is 0 Å². The summed E-state index contributed by atoms with van der Waals surface area (Å²) in [4.78, 5) is 27.9. The molecule has 1 aliphatic carbocycles. The molecule has 1 saturated carbocycles. The summed E-state index contributed by atoms with van der Waals surface area (Å²) in [5.41, 5.74) is 0. The summed E-state index contributed by atoms with van der Waals surface area (Å²) in [7, 11) is 0. The van der Waals surface area contributed by atoms with Crippen molar-refractivity contribution in [3.63, 3.8) is 0 Å². The number of amides is 1. The number of nitro groups is 1. The number of carbonyl (C=O) groups is 1. The lowest BCUT2D eigenvalue weighted by Crippen LogP contribution is -2.42. The third-order valence-electron chi connectivity index (χ3n) is 5.08. The van der Waals surface area contributed by atoms with Crippen LogP contribution in [0.4, 0.5) is 5.82 Å². The maximum absolute atomic E-state index is 12.2. The molecule has 1 aliphatic heterocycles. The number of rotatable bonds is 6. The van der Waals surface area contributed by atoms with E-state index in [2.05, 4.69) is 16.4 Å². The van der Waals surface area contributed by atoms with Gasteiger partial charge < -0.3 is 24.9 Å². The fourth-order valence-electron chi connectivity index (χ4n) is 3.80. The van der Waals surface area contributed by atoms with E-state index in [9.17, 15) is 14.9 Å². The van der Waals surface area contributed by atoms with Crippen LogP contribution in [0.1, 0.15) is 32.1 Å². The molecule has 2 heterocycles. The van der Waals surface area contributed by atoms with Crippen LogP contribution in [-0.4, -0.2) is 50.5 Å². The lowest BCUT2D eigenvalue weighted by molar-refractivity contribution is -0.389. The van der Waals surface area contributed by atoms with Gasteiger partial charge in [0.2, 0.25) is 12.2 Å². The topological polar surface area (TPSA) is 117 Å². The molecule has 1 saturated heterocycles. The van der Waals surface area contributed by atoms with E-state index in [1.54, 1.807) is 9.47 Å². The molecule has 0 bridgehead atoms. The summed E-state index contributed by atoms with van der Waals surface area (Å²) in [6.07, 6.45) is 7.55. The first-order valence-corrected chi connectivity index (χ1v) is 8.65. The van der Waals surface area contributed by atoms with E-state index in [1.165, 1.54) is 12.5 Å². The zero-order valence-electron chi connectivity index (χ0n) is 14.0. The van der Waals surface area contributed by atoms with Crippen molar-refractivity contribution in [1.29, 1.82) is 5.26 Å². The predicted octanol–water partition coefficient (Wildman–Crippen LogP) is 1.06. The van der Waals surface area contributed by atoms with Crippen LogP contribution in [0.3, 0.4) is 0 Å². The van der Waals surface area contributed by atoms with E-state index in [0.717, 1.165) is 32.1 Å². The third-order valence-corrected chi connectivity index (χ3v) is 5.08. The number of nitrogens with zero attached hydrogens (tertiary/aromatic N) is 5. The molecule has 1 aromatic rings. The molecule has 0 spiro atoms. The molecule has 1 N–H and O–H groups in total. The van der Waals surface area contributed by atoms with Gasteiger partial charge in [-0.2, -0.15) is 5.26 Å². The van der Waals surface area contributed by atoms with Gasteiger partial charge in [0.1, 0.15) is 12.2 Å². The highest BCUT2D eigenvalue weighted by molar-refractivity contribution is 5.79. The van der Waals surface area contributed by atoms with Gasteiger partial charge >= 0.3 is 5.82 Å². The number of hydrogen-bond acceptors (Lipinski definition) is 6. The molecule has 9 heteroatoms. The Hall–Kier alpha value is -2.47. The number of aromatic nitrogens is 2. The van der Waals surface area contributed by atoms with Crippen LogP contribution in [0.5, 0.6) is 0 Å². The number of likely N-dealkylation sites (tertiary alicyclic amines) is 1. The van der Waals surface area contributed by atoms with Gasteiger partial charge in [0.05, 0.1) is 12.6 Å². The minimum atomic E-state index is -0.492. The molecule has 3 rings (SSSR count). The van der Waals surface area contributed by atoms with E-state index in [0.29, 0.717) is 19.0 Å². The lowest BCUT2D eigenvalue weighted by Gasteiger charge is -2.21. The SMILES string of the molecule is N#C[C@@H]1CCCN1C(=O)CN[C@@H]1CC[C@H](Cn2cnc([N+](=O)[O-])c2)C1. The Balaban J connectivity index is 1.43. The van der Waals surface area contributed by atoms with E-state index >= 15 is 0 Å². The molecule has 0 aromatic carbocycles. The molecule has 25 heavy (non-hydrogen) atoms. The Morgan fingerprint density at radius 2 is 2.32 bits per heavy atom. The van der Waals surface area contributed by atoms with Gasteiger partial charge in [0, 0.05) is 19.1 Å². The highest BCUT2D eigenvalue weighted by atomic mass is 16.6. The average Bonchev–Trinajstić information content (AvgIpc) is 3.33. The molecule has 2 fully saturated rings. The average molecular weight is 346 g/mol. The van der Waals surface area contributed by atoms with Crippen molar-refractivity contribution in [2.75, 3.05) is 13.1 Å². The molecule has 9 nitrogen and oxygen atoms in total. The summed E-state index contributed by atoms with van der Waals surface area (Å²) < 4.78 is 1.76. The molecule has 134 valence electrons. The first-order chi connectivity index (χ1) is 12.1. The van der Waals surface area contributed by atoms with Crippen LogP contribution < -0.4 is 5.32 Å². The number of carbonyl (C=O) groups excluding carboxylic acids is 1. The number of hydrogen-bond donors (Lipinski definition) is 1. The Kier molecular flexibility index (Phi) is 5.28. The monoisotopic (exact) mass is 346 g/mol. The summed E-state index contributed by atoms with van der Waals surface area (Å²) in [6, 6.07) is 2.19. The second kappa shape index (κ2) is 7.61. The van der Waals surface area contributed by atoms with Gasteiger partial charge in [0.25, 0.3) is 0 Å². The number of nitriles is 1. The van der Waals surface area contributed by atoms with Gasteiger partial charge in [-0.15, -0.1) is 0 Å². The summed E-state index contributed by atoms with van der Waals surface area (Å²) in [5.74, 6) is 0.286. The highest BCUT2D eigenvalue weighted by Gasteiger charge is 2.30. The normalized spacial score (nSPS) is 25.9. The molecule has 1 aromatic heterocycles. The first-order valence-electron chi connectivity index (χ1n) is 8.65. The Morgan fingerprint density at radius 3 is 3.04 bits per heavy atom. The molecular formula is C16H22N6O3. The predicted molar refractivity (Wildman–Crippen MR) is 88.4 cm³/mol. The fraction of sp³-hybridized carbons (Fsp3) is 0.688. The van der Waals surface area contributed by atoms with Crippen LogP contribution in [0, 0.1) is 27.4 Å². The van der Waals surface area contributed by atoms with Crippen molar-refractivity contribution in [3.05, 3.63) is 22.6 Å². The standard InChI is InChI=1S/C16H22N6O3/c17-7-14-2-1-5-21(14)16(23)8-18-13-4-3-12(6-13)9-20-10-15(19-11-20)22(24)25/h10-14,18H,1-6,8-9H2/t12-,13+,14-/m0/s1. The Bertz CT molecular complexity index is 682. The molecular weight excluding hydrogens is 324 g/mol. The van der Waals surface area contributed by atoms with E-state index in [4.69, 9.17) is 5.26 Å². The van der Waals surface area contributed by atoms with Crippen molar-refractivity contribution in [2.45, 2.75) is 50.7 Å². The first kappa shape index (κ1) is 17.4. The van der Waals surface area contributed by atoms with Gasteiger partial charge in [-0.05, 0) is 47.9 Å². The van der Waals surface area contributed by atoms with Crippen LogP contribution in [0.15, 0.2) is 12.5 Å². The lowest BCUT2D eigenvalue weighted by atomic mass is 10.1. The van der Waals surface area contributed by atoms with Gasteiger partial charge in [0.15, 0.2) is 0 Å². The summed E-state index contributed by atoms with van der Waals surface area (Å²) in [6.45, 7) is 1.65. The molecule has 3 atom stereocenters. The molecule has 2 aliphatic rings. The van der Waals surface area contributed by atoms with Crippen molar-refractivity contribution >= 4 is 11.7 Å². The quantitative estimate of drug-likeness (QED) is 0.608. The number of nitrogens with one attached hydrogen (secondary N) is 1. The van der Waals surface area contributed by atoms with Crippen LogP contribution >= 0.6 is 0 Å². The van der Waals surface area contributed by atoms with Crippen molar-refractivity contribution in [3.8, 4) is 6.07 Å². The zero-order valence-corrected chi connectivity index (χ0v) is 14.0. The van der Waals surface area contributed by atoms with Gasteiger partial charge in [-0.25, -0.2) is 0 Å². The van der Waals surface area contributed by atoms with Crippen LogP contribution in [-0.2, 0) is 11.3 Å². The Morgan fingerprint density at radius 1 is 1.48 bits per heavy atom. The minimum Gasteiger partial charge on any atom is -0.358 e. The summed E-state index contributed by atoms with van der Waals surface area (Å²) in [5, 5.41) is 23.0. The second-order valence-corrected chi connectivity index (χ2v) is 6.82. The van der Waals surface area contributed by atoms with Crippen LogP contribution in [0.2, 0.25) is 0 Å². The summed E-state index contributed by atoms with van der Waals surface area (Å²) >= 11 is 0. The molecule has 1 amide bonds. The second-order valence-electron chi connectivity index (χ2n) is 6.82. The van der Waals surface area contributed by atoms with E-state index < -0.39 is 4.92 Å². The van der Waals surface area contributed by atoms with E-state index in [1.807, 2.05) is 0 Å². The highest BCUT2D eigenvalue weighted by Crippen LogP contribution is 2.27. The zero-order chi connectivity index (χ0) is 17.8. The minimum absolute atomic E-state index is 0.00210. The van der Waals surface area contributed by atoms with Crippen LogP contribution in [0.25, 0.3) is 0 Å². The third kappa shape index (κ3) is 4.14. The van der Waals surface area contributed by atoms with Crippen molar-refractivity contribution in [1.82, 2.24) is 19.8 Å². The number of imidazole rings is 1.